The number of carboxylic acid groups (broad SMARTS) is 2. The van der Waals surface area contributed by atoms with Crippen LogP contribution in [0, 0.1) is 5.92 Å². The molecule has 70 valence electrons. The van der Waals surface area contributed by atoms with Crippen LogP contribution in [-0.4, -0.2) is 28.2 Å². The predicted molar refractivity (Wildman–Crippen MR) is 41.6 cm³/mol. The molecule has 0 aliphatic rings. The van der Waals surface area contributed by atoms with Gasteiger partial charge in [-0.15, -0.1) is 0 Å². The Morgan fingerprint density at radius 3 is 2.08 bits per heavy atom. The zero-order chi connectivity index (χ0) is 9.72. The minimum atomic E-state index is -1.30. The minimum absolute atomic E-state index is 0.294. The fourth-order valence-electron chi connectivity index (χ4n) is 0.940. The molecule has 2 atom stereocenters. The molecule has 0 aliphatic heterocycles. The molecule has 0 saturated carbocycles. The zero-order valence-electron chi connectivity index (χ0n) is 6.86. The van der Waals surface area contributed by atoms with E-state index in [0.29, 0.717) is 12.8 Å². The fraction of sp³-hybridized carbons (Fsp3) is 0.714. The SMILES string of the molecule is CCCC(C(=O)O)[C@H](N)C(=O)O. The van der Waals surface area contributed by atoms with Gasteiger partial charge in [-0.25, -0.2) is 0 Å². The molecule has 1 unspecified atom stereocenters. The second-order valence-corrected chi connectivity index (χ2v) is 2.60. The van der Waals surface area contributed by atoms with Crippen molar-refractivity contribution in [1.82, 2.24) is 0 Å². The lowest BCUT2D eigenvalue weighted by Gasteiger charge is -2.14. The Balaban J connectivity index is 4.28. The highest BCUT2D eigenvalue weighted by Crippen LogP contribution is 2.10. The molecule has 5 heteroatoms. The van der Waals surface area contributed by atoms with Crippen molar-refractivity contribution in [1.29, 1.82) is 0 Å². The molecule has 4 N–H and O–H groups in total. The number of hydrogen-bond acceptors (Lipinski definition) is 3. The maximum Gasteiger partial charge on any atom is 0.321 e. The summed E-state index contributed by atoms with van der Waals surface area (Å²) in [5.74, 6) is -3.39. The monoisotopic (exact) mass is 175 g/mol. The molecule has 0 bridgehead atoms. The van der Waals surface area contributed by atoms with Gasteiger partial charge in [-0.05, 0) is 6.42 Å². The number of hydrogen-bond donors (Lipinski definition) is 3. The molecule has 0 aromatic heterocycles. The average molecular weight is 175 g/mol. The molecule has 0 heterocycles. The van der Waals surface area contributed by atoms with Gasteiger partial charge in [-0.3, -0.25) is 9.59 Å². The molecule has 0 saturated heterocycles. The second kappa shape index (κ2) is 4.71. The first-order chi connectivity index (χ1) is 5.50. The predicted octanol–water partition coefficient (Wildman–Crippen LogP) is -0.101. The normalized spacial score (nSPS) is 15.2. The Labute approximate surface area is 70.2 Å². The van der Waals surface area contributed by atoms with Gasteiger partial charge in [-0.2, -0.15) is 0 Å². The van der Waals surface area contributed by atoms with Crippen LogP contribution in [0.25, 0.3) is 0 Å². The van der Waals surface area contributed by atoms with Crippen LogP contribution in [0.5, 0.6) is 0 Å². The van der Waals surface area contributed by atoms with Crippen LogP contribution in [0.2, 0.25) is 0 Å². The molecular formula is C7H13NO4. The van der Waals surface area contributed by atoms with Crippen LogP contribution in [0.15, 0.2) is 0 Å². The lowest BCUT2D eigenvalue weighted by molar-refractivity contribution is -0.150. The van der Waals surface area contributed by atoms with Crippen molar-refractivity contribution in [2.24, 2.45) is 11.7 Å². The third-order valence-electron chi connectivity index (χ3n) is 1.64. The van der Waals surface area contributed by atoms with E-state index in [1.54, 1.807) is 6.92 Å². The molecule has 0 fully saturated rings. The van der Waals surface area contributed by atoms with Gasteiger partial charge in [0.25, 0.3) is 0 Å². The Morgan fingerprint density at radius 2 is 1.83 bits per heavy atom. The molecular weight excluding hydrogens is 162 g/mol. The van der Waals surface area contributed by atoms with Gasteiger partial charge in [0.15, 0.2) is 0 Å². The maximum atomic E-state index is 10.5. The van der Waals surface area contributed by atoms with E-state index in [0.717, 1.165) is 0 Å². The van der Waals surface area contributed by atoms with Crippen LogP contribution in [0.4, 0.5) is 0 Å². The summed E-state index contributed by atoms with van der Waals surface area (Å²) in [4.78, 5) is 20.8. The van der Waals surface area contributed by atoms with Crippen molar-refractivity contribution in [2.75, 3.05) is 0 Å². The fourth-order valence-corrected chi connectivity index (χ4v) is 0.940. The largest absolute Gasteiger partial charge is 0.481 e. The second-order valence-electron chi connectivity index (χ2n) is 2.60. The summed E-state index contributed by atoms with van der Waals surface area (Å²) >= 11 is 0. The zero-order valence-corrected chi connectivity index (χ0v) is 6.86. The van der Waals surface area contributed by atoms with Gasteiger partial charge in [0.2, 0.25) is 0 Å². The van der Waals surface area contributed by atoms with Crippen molar-refractivity contribution in [3.8, 4) is 0 Å². The molecule has 0 spiro atoms. The lowest BCUT2D eigenvalue weighted by atomic mass is 9.96. The van der Waals surface area contributed by atoms with Crippen molar-refractivity contribution < 1.29 is 19.8 Å². The summed E-state index contributed by atoms with van der Waals surface area (Å²) in [5, 5.41) is 17.0. The van der Waals surface area contributed by atoms with E-state index in [1.807, 2.05) is 0 Å². The third-order valence-corrected chi connectivity index (χ3v) is 1.64. The van der Waals surface area contributed by atoms with E-state index < -0.39 is 23.9 Å². The molecule has 0 aromatic carbocycles. The van der Waals surface area contributed by atoms with E-state index in [9.17, 15) is 9.59 Å². The molecule has 0 aliphatic carbocycles. The van der Waals surface area contributed by atoms with E-state index in [1.165, 1.54) is 0 Å². The van der Waals surface area contributed by atoms with Gasteiger partial charge >= 0.3 is 11.9 Å². The van der Waals surface area contributed by atoms with Gasteiger partial charge in [-0.1, -0.05) is 13.3 Å². The van der Waals surface area contributed by atoms with E-state index in [4.69, 9.17) is 15.9 Å². The van der Waals surface area contributed by atoms with Crippen molar-refractivity contribution in [3.63, 3.8) is 0 Å². The Hall–Kier alpha value is -1.10. The number of carbonyl (C=O) groups is 2. The smallest absolute Gasteiger partial charge is 0.321 e. The number of carboxylic acids is 2. The first kappa shape index (κ1) is 10.9. The summed E-state index contributed by atoms with van der Waals surface area (Å²) in [6, 6.07) is -1.30. The topological polar surface area (TPSA) is 101 Å². The average Bonchev–Trinajstić information content (AvgIpc) is 1.98. The van der Waals surface area contributed by atoms with Gasteiger partial charge in [0.05, 0.1) is 5.92 Å². The quantitative estimate of drug-likeness (QED) is 0.541. The van der Waals surface area contributed by atoms with Crippen LogP contribution < -0.4 is 5.73 Å². The van der Waals surface area contributed by atoms with Crippen molar-refractivity contribution >= 4 is 11.9 Å². The van der Waals surface area contributed by atoms with Gasteiger partial charge < -0.3 is 15.9 Å². The van der Waals surface area contributed by atoms with Crippen LogP contribution in [0.3, 0.4) is 0 Å². The Bertz CT molecular complexity index is 180. The van der Waals surface area contributed by atoms with Crippen molar-refractivity contribution in [3.05, 3.63) is 0 Å². The molecule has 12 heavy (non-hydrogen) atoms. The minimum Gasteiger partial charge on any atom is -0.481 e. The van der Waals surface area contributed by atoms with E-state index in [2.05, 4.69) is 0 Å². The Morgan fingerprint density at radius 1 is 1.33 bits per heavy atom. The molecule has 0 amide bonds. The maximum absolute atomic E-state index is 10.5. The molecule has 0 radical (unpaired) electrons. The first-order valence-corrected chi connectivity index (χ1v) is 3.71. The molecule has 5 nitrogen and oxygen atoms in total. The molecule has 0 rings (SSSR count). The number of aliphatic carboxylic acids is 2. The van der Waals surface area contributed by atoms with Crippen LogP contribution >= 0.6 is 0 Å². The standard InChI is InChI=1S/C7H13NO4/c1-2-3-4(6(9)10)5(8)7(11)12/h4-5H,2-3,8H2,1H3,(H,9,10)(H,11,12)/t4?,5-/m0/s1. The number of nitrogens with two attached hydrogens (primary N) is 1. The summed E-state index contributed by atoms with van der Waals surface area (Å²) in [7, 11) is 0. The highest BCUT2D eigenvalue weighted by molar-refractivity contribution is 5.82. The summed E-state index contributed by atoms with van der Waals surface area (Å²) in [6.45, 7) is 1.78. The first-order valence-electron chi connectivity index (χ1n) is 3.71. The van der Waals surface area contributed by atoms with Crippen molar-refractivity contribution in [2.45, 2.75) is 25.8 Å². The Kier molecular flexibility index (Phi) is 4.28. The van der Waals surface area contributed by atoms with Gasteiger partial charge in [0.1, 0.15) is 6.04 Å². The van der Waals surface area contributed by atoms with E-state index >= 15 is 0 Å². The summed E-state index contributed by atoms with van der Waals surface area (Å²) in [6.07, 6.45) is 0.904. The van der Waals surface area contributed by atoms with Crippen LogP contribution in [0.1, 0.15) is 19.8 Å². The van der Waals surface area contributed by atoms with Gasteiger partial charge in [0, 0.05) is 0 Å². The van der Waals surface area contributed by atoms with E-state index in [-0.39, 0.29) is 0 Å². The molecule has 0 aromatic rings. The highest BCUT2D eigenvalue weighted by atomic mass is 16.4. The summed E-state index contributed by atoms with van der Waals surface area (Å²) < 4.78 is 0. The number of rotatable bonds is 5. The highest BCUT2D eigenvalue weighted by Gasteiger charge is 2.29. The third kappa shape index (κ3) is 2.87. The lowest BCUT2D eigenvalue weighted by Crippen LogP contribution is -2.41. The summed E-state index contributed by atoms with van der Waals surface area (Å²) in [5.41, 5.74) is 5.17. The van der Waals surface area contributed by atoms with Crippen LogP contribution in [-0.2, 0) is 9.59 Å².